The van der Waals surface area contributed by atoms with E-state index < -0.39 is 6.09 Å². The van der Waals surface area contributed by atoms with E-state index in [1.165, 1.54) is 16.8 Å². The first kappa shape index (κ1) is 16.4. The van der Waals surface area contributed by atoms with Gasteiger partial charge >= 0.3 is 6.09 Å². The van der Waals surface area contributed by atoms with Gasteiger partial charge in [0.25, 0.3) is 0 Å². The molecule has 0 saturated carbocycles. The maximum absolute atomic E-state index is 10.9. The number of hydrogen-bond acceptors (Lipinski definition) is 2. The highest BCUT2D eigenvalue weighted by atomic mass is 16.4. The largest absolute Gasteiger partial charge is 0.465 e. The zero-order valence-corrected chi connectivity index (χ0v) is 13.4. The van der Waals surface area contributed by atoms with E-state index in [1.54, 1.807) is 0 Å². The van der Waals surface area contributed by atoms with Crippen molar-refractivity contribution in [2.45, 2.75) is 46.1 Å². The van der Waals surface area contributed by atoms with E-state index in [1.807, 2.05) is 18.2 Å². The average Bonchev–Trinajstić information content (AvgIpc) is 2.74. The molecule has 4 N–H and O–H groups in total. The topological polar surface area (TPSA) is 80.3 Å². The Morgan fingerprint density at radius 2 is 2.05 bits per heavy atom. The van der Waals surface area contributed by atoms with Crippen molar-refractivity contribution < 1.29 is 9.90 Å². The number of nitrogens with two attached hydrogens (primary N) is 1. The monoisotopic (exact) mass is 303 g/mol. The fraction of sp³-hybridized carbons (Fsp3) is 0.471. The third-order valence-electron chi connectivity index (χ3n) is 3.87. The van der Waals surface area contributed by atoms with Crippen LogP contribution in [-0.2, 0) is 19.4 Å². The van der Waals surface area contributed by atoms with Crippen molar-refractivity contribution in [3.8, 4) is 0 Å². The normalized spacial score (nSPS) is 11.0. The number of aromatic nitrogens is 1. The van der Waals surface area contributed by atoms with Gasteiger partial charge in [-0.05, 0) is 49.6 Å². The molecule has 0 atom stereocenters. The number of nitrogens with one attached hydrogen (secondary N) is 1. The SMILES string of the molecule is CCCc1c(CCN)c2cc(NC(=O)O)ccc2n1CCC. The number of anilines is 1. The summed E-state index contributed by atoms with van der Waals surface area (Å²) in [6, 6.07) is 5.76. The molecule has 2 aromatic rings. The van der Waals surface area contributed by atoms with Crippen LogP contribution < -0.4 is 11.1 Å². The molecule has 1 aromatic heterocycles. The molecule has 0 aliphatic rings. The second-order valence-electron chi connectivity index (χ2n) is 5.53. The fourth-order valence-electron chi connectivity index (χ4n) is 3.10. The first-order valence-electron chi connectivity index (χ1n) is 7.96. The smallest absolute Gasteiger partial charge is 0.409 e. The summed E-state index contributed by atoms with van der Waals surface area (Å²) in [5.41, 5.74) is 10.2. The van der Waals surface area contributed by atoms with Crippen LogP contribution in [0, 0.1) is 0 Å². The zero-order valence-electron chi connectivity index (χ0n) is 13.4. The first-order chi connectivity index (χ1) is 10.6. The average molecular weight is 303 g/mol. The van der Waals surface area contributed by atoms with Gasteiger partial charge in [0.15, 0.2) is 0 Å². The van der Waals surface area contributed by atoms with Gasteiger partial charge in [0, 0.05) is 28.8 Å². The van der Waals surface area contributed by atoms with Crippen LogP contribution in [0.3, 0.4) is 0 Å². The lowest BCUT2D eigenvalue weighted by atomic mass is 10.0. The third kappa shape index (κ3) is 3.25. The number of carboxylic acid groups (broad SMARTS) is 1. The molecular formula is C17H25N3O2. The molecule has 1 amide bonds. The van der Waals surface area contributed by atoms with Crippen LogP contribution in [-0.4, -0.2) is 22.3 Å². The molecule has 0 unspecified atom stereocenters. The van der Waals surface area contributed by atoms with E-state index in [-0.39, 0.29) is 0 Å². The van der Waals surface area contributed by atoms with Crippen LogP contribution in [0.2, 0.25) is 0 Å². The Morgan fingerprint density at radius 1 is 1.27 bits per heavy atom. The van der Waals surface area contributed by atoms with Gasteiger partial charge in [-0.3, -0.25) is 5.32 Å². The summed E-state index contributed by atoms with van der Waals surface area (Å²) >= 11 is 0. The molecule has 0 aliphatic carbocycles. The molecule has 120 valence electrons. The Labute approximate surface area is 131 Å². The van der Waals surface area contributed by atoms with E-state index in [0.717, 1.165) is 37.6 Å². The van der Waals surface area contributed by atoms with Crippen LogP contribution in [0.4, 0.5) is 10.5 Å². The fourth-order valence-corrected chi connectivity index (χ4v) is 3.10. The van der Waals surface area contributed by atoms with Gasteiger partial charge in [-0.1, -0.05) is 20.3 Å². The molecule has 0 spiro atoms. The summed E-state index contributed by atoms with van der Waals surface area (Å²) in [5, 5.41) is 12.5. The Kier molecular flexibility index (Phi) is 5.44. The molecular weight excluding hydrogens is 278 g/mol. The van der Waals surface area contributed by atoms with Crippen LogP contribution in [0.5, 0.6) is 0 Å². The van der Waals surface area contributed by atoms with Gasteiger partial charge in [0.2, 0.25) is 0 Å². The number of rotatable bonds is 7. The van der Waals surface area contributed by atoms with Crippen molar-refractivity contribution in [2.75, 3.05) is 11.9 Å². The van der Waals surface area contributed by atoms with Gasteiger partial charge < -0.3 is 15.4 Å². The van der Waals surface area contributed by atoms with Crippen LogP contribution in [0.1, 0.15) is 37.9 Å². The molecule has 1 heterocycles. The predicted octanol–water partition coefficient (Wildman–Crippen LogP) is 3.59. The van der Waals surface area contributed by atoms with Crippen molar-refractivity contribution in [2.24, 2.45) is 5.73 Å². The van der Waals surface area contributed by atoms with Crippen molar-refractivity contribution >= 4 is 22.7 Å². The molecule has 0 aliphatic heterocycles. The Morgan fingerprint density at radius 3 is 2.64 bits per heavy atom. The van der Waals surface area contributed by atoms with Gasteiger partial charge in [-0.15, -0.1) is 0 Å². The lowest BCUT2D eigenvalue weighted by molar-refractivity contribution is 0.210. The molecule has 1 aromatic carbocycles. The minimum Gasteiger partial charge on any atom is -0.465 e. The van der Waals surface area contributed by atoms with E-state index in [4.69, 9.17) is 10.8 Å². The number of carbonyl (C=O) groups is 1. The van der Waals surface area contributed by atoms with Gasteiger partial charge in [0.1, 0.15) is 0 Å². The standard InChI is InChI=1S/C17H25N3O2/c1-3-5-15-13(8-9-18)14-11-12(19-17(21)22)6-7-16(14)20(15)10-4-2/h6-7,11,19H,3-5,8-10,18H2,1-2H3,(H,21,22). The maximum Gasteiger partial charge on any atom is 0.409 e. The molecule has 5 heteroatoms. The lowest BCUT2D eigenvalue weighted by Gasteiger charge is -2.10. The predicted molar refractivity (Wildman–Crippen MR) is 90.6 cm³/mol. The molecule has 2 rings (SSSR count). The van der Waals surface area contributed by atoms with Crippen molar-refractivity contribution in [1.29, 1.82) is 0 Å². The number of hydrogen-bond donors (Lipinski definition) is 3. The second-order valence-corrected chi connectivity index (χ2v) is 5.53. The van der Waals surface area contributed by atoms with Crippen molar-refractivity contribution in [3.05, 3.63) is 29.5 Å². The Hall–Kier alpha value is -2.01. The van der Waals surface area contributed by atoms with Crippen LogP contribution in [0.15, 0.2) is 18.2 Å². The summed E-state index contributed by atoms with van der Waals surface area (Å²) in [5.74, 6) is 0. The molecule has 0 radical (unpaired) electrons. The van der Waals surface area contributed by atoms with Gasteiger partial charge in [-0.2, -0.15) is 0 Å². The summed E-state index contributed by atoms with van der Waals surface area (Å²) < 4.78 is 2.37. The summed E-state index contributed by atoms with van der Waals surface area (Å²) in [4.78, 5) is 10.9. The second kappa shape index (κ2) is 7.31. The minimum atomic E-state index is -1.04. The molecule has 5 nitrogen and oxygen atoms in total. The number of nitrogens with zero attached hydrogens (tertiary/aromatic N) is 1. The maximum atomic E-state index is 10.9. The quantitative estimate of drug-likeness (QED) is 0.731. The highest BCUT2D eigenvalue weighted by Crippen LogP contribution is 2.30. The van der Waals surface area contributed by atoms with E-state index in [9.17, 15) is 4.79 Å². The molecule has 0 bridgehead atoms. The van der Waals surface area contributed by atoms with Gasteiger partial charge in [-0.25, -0.2) is 4.79 Å². The highest BCUT2D eigenvalue weighted by molar-refractivity contribution is 5.92. The van der Waals surface area contributed by atoms with Gasteiger partial charge in [0.05, 0.1) is 0 Å². The van der Waals surface area contributed by atoms with Crippen molar-refractivity contribution in [3.63, 3.8) is 0 Å². The van der Waals surface area contributed by atoms with E-state index in [2.05, 4.69) is 23.7 Å². The van der Waals surface area contributed by atoms with E-state index in [0.29, 0.717) is 12.2 Å². The summed E-state index contributed by atoms with van der Waals surface area (Å²) in [7, 11) is 0. The first-order valence-corrected chi connectivity index (χ1v) is 7.96. The Balaban J connectivity index is 2.63. The van der Waals surface area contributed by atoms with Crippen LogP contribution >= 0.6 is 0 Å². The number of benzene rings is 1. The van der Waals surface area contributed by atoms with Crippen LogP contribution in [0.25, 0.3) is 10.9 Å². The molecule has 0 saturated heterocycles. The lowest BCUT2D eigenvalue weighted by Crippen LogP contribution is -2.08. The molecule has 22 heavy (non-hydrogen) atoms. The highest BCUT2D eigenvalue weighted by Gasteiger charge is 2.16. The minimum absolute atomic E-state index is 0.596. The van der Waals surface area contributed by atoms with E-state index >= 15 is 0 Å². The number of amides is 1. The molecule has 0 fully saturated rings. The number of aryl methyl sites for hydroxylation is 1. The third-order valence-corrected chi connectivity index (χ3v) is 3.87. The number of fused-ring (bicyclic) bond motifs is 1. The Bertz CT molecular complexity index is 661. The summed E-state index contributed by atoms with van der Waals surface area (Å²) in [6.07, 6.45) is 2.95. The summed E-state index contributed by atoms with van der Waals surface area (Å²) in [6.45, 7) is 5.92. The van der Waals surface area contributed by atoms with Crippen molar-refractivity contribution in [1.82, 2.24) is 4.57 Å². The zero-order chi connectivity index (χ0) is 16.1.